The van der Waals surface area contributed by atoms with Gasteiger partial charge in [0.15, 0.2) is 5.82 Å². The van der Waals surface area contributed by atoms with Crippen molar-refractivity contribution in [1.82, 2.24) is 29.9 Å². The first-order valence-corrected chi connectivity index (χ1v) is 7.52. The first-order valence-electron chi connectivity index (χ1n) is 6.04. The molecule has 0 fully saturated rings. The third-order valence-electron chi connectivity index (χ3n) is 2.82. The van der Waals surface area contributed by atoms with Gasteiger partial charge in [0.25, 0.3) is 0 Å². The van der Waals surface area contributed by atoms with E-state index in [-0.39, 0.29) is 16.4 Å². The minimum Gasteiger partial charge on any atom is -0.477 e. The van der Waals surface area contributed by atoms with E-state index in [0.29, 0.717) is 6.54 Å². The average Bonchev–Trinajstić information content (AvgIpc) is 3.07. The SMILES string of the molecule is CCn1cc(S(=O)(=O)NC(C)c2nn[nH]n2)cc1C(=O)O. The summed E-state index contributed by atoms with van der Waals surface area (Å²) in [6.07, 6.45) is 1.27. The number of H-pyrrole nitrogens is 1. The maximum atomic E-state index is 12.2. The molecule has 1 unspecified atom stereocenters. The Morgan fingerprint density at radius 1 is 1.57 bits per heavy atom. The predicted molar refractivity (Wildman–Crippen MR) is 70.0 cm³/mol. The molecule has 21 heavy (non-hydrogen) atoms. The number of tetrazole rings is 1. The molecule has 0 amide bonds. The summed E-state index contributed by atoms with van der Waals surface area (Å²) in [5, 5.41) is 22.0. The van der Waals surface area contributed by atoms with E-state index in [2.05, 4.69) is 25.3 Å². The molecule has 0 radical (unpaired) electrons. The number of sulfonamides is 1. The molecule has 0 saturated heterocycles. The molecule has 0 saturated carbocycles. The average molecular weight is 314 g/mol. The molecule has 0 aliphatic heterocycles. The largest absolute Gasteiger partial charge is 0.477 e. The molecule has 2 rings (SSSR count). The van der Waals surface area contributed by atoms with Gasteiger partial charge in [-0.05, 0) is 19.9 Å². The highest BCUT2D eigenvalue weighted by atomic mass is 32.2. The molecule has 11 heteroatoms. The molecule has 10 nitrogen and oxygen atoms in total. The molecule has 0 aliphatic carbocycles. The number of carboxylic acid groups (broad SMARTS) is 1. The molecule has 0 spiro atoms. The van der Waals surface area contributed by atoms with Crippen molar-refractivity contribution >= 4 is 16.0 Å². The molecule has 2 aromatic heterocycles. The second-order valence-electron chi connectivity index (χ2n) is 4.27. The van der Waals surface area contributed by atoms with Gasteiger partial charge in [0, 0.05) is 12.7 Å². The number of hydrogen-bond acceptors (Lipinski definition) is 6. The first kappa shape index (κ1) is 15.1. The van der Waals surface area contributed by atoms with Crippen LogP contribution in [0.3, 0.4) is 0 Å². The number of rotatable bonds is 6. The van der Waals surface area contributed by atoms with E-state index in [1.165, 1.54) is 10.8 Å². The van der Waals surface area contributed by atoms with Crippen LogP contribution >= 0.6 is 0 Å². The summed E-state index contributed by atoms with van der Waals surface area (Å²) in [6, 6.07) is 0.406. The van der Waals surface area contributed by atoms with Gasteiger partial charge in [-0.25, -0.2) is 17.9 Å². The van der Waals surface area contributed by atoms with Crippen LogP contribution in [0.2, 0.25) is 0 Å². The Morgan fingerprint density at radius 3 is 2.76 bits per heavy atom. The highest BCUT2D eigenvalue weighted by Crippen LogP contribution is 2.17. The summed E-state index contributed by atoms with van der Waals surface area (Å²) >= 11 is 0. The number of hydrogen-bond donors (Lipinski definition) is 3. The van der Waals surface area contributed by atoms with E-state index in [1.807, 2.05) is 0 Å². The Hall–Kier alpha value is -2.27. The van der Waals surface area contributed by atoms with Gasteiger partial charge in [0.05, 0.1) is 6.04 Å². The van der Waals surface area contributed by atoms with Crippen molar-refractivity contribution in [2.24, 2.45) is 0 Å². The van der Waals surface area contributed by atoms with Crippen molar-refractivity contribution in [3.05, 3.63) is 23.8 Å². The maximum absolute atomic E-state index is 12.2. The van der Waals surface area contributed by atoms with Crippen molar-refractivity contribution in [3.8, 4) is 0 Å². The minimum absolute atomic E-state index is 0.0925. The standard InChI is InChI=1S/C10H14N6O4S/c1-3-16-5-7(4-8(16)10(17)18)21(19,20)13-6(2)9-11-14-15-12-9/h4-6,13H,3H2,1-2H3,(H,17,18)(H,11,12,14,15). The lowest BCUT2D eigenvalue weighted by molar-refractivity contribution is 0.0685. The second-order valence-corrected chi connectivity index (χ2v) is 5.98. The molecule has 3 N–H and O–H groups in total. The van der Waals surface area contributed by atoms with Crippen LogP contribution in [0, 0.1) is 0 Å². The Labute approximate surface area is 120 Å². The molecule has 1 atom stereocenters. The third-order valence-corrected chi connectivity index (χ3v) is 4.33. The lowest BCUT2D eigenvalue weighted by Crippen LogP contribution is -2.27. The van der Waals surface area contributed by atoms with Crippen LogP contribution in [0.15, 0.2) is 17.2 Å². The van der Waals surface area contributed by atoms with Gasteiger partial charge in [-0.1, -0.05) is 5.21 Å². The molecular weight excluding hydrogens is 300 g/mol. The van der Waals surface area contributed by atoms with E-state index < -0.39 is 22.0 Å². The fourth-order valence-corrected chi connectivity index (χ4v) is 3.02. The normalized spacial score (nSPS) is 13.2. The van der Waals surface area contributed by atoms with Gasteiger partial charge < -0.3 is 9.67 Å². The molecule has 114 valence electrons. The van der Waals surface area contributed by atoms with Gasteiger partial charge in [0.1, 0.15) is 10.6 Å². The van der Waals surface area contributed by atoms with E-state index in [0.717, 1.165) is 6.07 Å². The van der Waals surface area contributed by atoms with Crippen LogP contribution in [-0.2, 0) is 16.6 Å². The van der Waals surface area contributed by atoms with Crippen molar-refractivity contribution in [2.75, 3.05) is 0 Å². The van der Waals surface area contributed by atoms with Crippen molar-refractivity contribution in [2.45, 2.75) is 31.3 Å². The van der Waals surface area contributed by atoms with Crippen LogP contribution in [0.4, 0.5) is 0 Å². The highest BCUT2D eigenvalue weighted by molar-refractivity contribution is 7.89. The quantitative estimate of drug-likeness (QED) is 0.667. The minimum atomic E-state index is -3.89. The molecule has 0 bridgehead atoms. The number of aryl methyl sites for hydroxylation is 1. The lowest BCUT2D eigenvalue weighted by atomic mass is 10.4. The first-order chi connectivity index (χ1) is 9.85. The number of aromatic carboxylic acids is 1. The smallest absolute Gasteiger partial charge is 0.352 e. The van der Waals surface area contributed by atoms with Gasteiger partial charge in [-0.3, -0.25) is 0 Å². The van der Waals surface area contributed by atoms with Crippen molar-refractivity contribution in [3.63, 3.8) is 0 Å². The van der Waals surface area contributed by atoms with Gasteiger partial charge >= 0.3 is 5.97 Å². The van der Waals surface area contributed by atoms with Crippen LogP contribution < -0.4 is 4.72 Å². The van der Waals surface area contributed by atoms with E-state index in [1.54, 1.807) is 13.8 Å². The number of carboxylic acids is 1. The van der Waals surface area contributed by atoms with E-state index in [9.17, 15) is 13.2 Å². The van der Waals surface area contributed by atoms with Crippen molar-refractivity contribution in [1.29, 1.82) is 0 Å². The summed E-state index contributed by atoms with van der Waals surface area (Å²) < 4.78 is 28.2. The Bertz CT molecular complexity index is 736. The maximum Gasteiger partial charge on any atom is 0.352 e. The Balaban J connectivity index is 2.29. The summed E-state index contributed by atoms with van der Waals surface area (Å²) in [5.41, 5.74) is -0.0925. The number of nitrogens with zero attached hydrogens (tertiary/aromatic N) is 4. The highest BCUT2D eigenvalue weighted by Gasteiger charge is 2.24. The fraction of sp³-hybridized carbons (Fsp3) is 0.400. The van der Waals surface area contributed by atoms with E-state index >= 15 is 0 Å². The number of nitrogens with one attached hydrogen (secondary N) is 2. The molecule has 2 aromatic rings. The fourth-order valence-electron chi connectivity index (χ4n) is 1.78. The zero-order valence-electron chi connectivity index (χ0n) is 11.3. The predicted octanol–water partition coefficient (Wildman–Crippen LogP) is -0.241. The van der Waals surface area contributed by atoms with Gasteiger partial charge in [-0.15, -0.1) is 10.2 Å². The summed E-state index contributed by atoms with van der Waals surface area (Å²) in [6.45, 7) is 3.62. The summed E-state index contributed by atoms with van der Waals surface area (Å²) in [7, 11) is -3.89. The summed E-state index contributed by atoms with van der Waals surface area (Å²) in [4.78, 5) is 10.9. The van der Waals surface area contributed by atoms with Gasteiger partial charge in [0.2, 0.25) is 10.0 Å². The second kappa shape index (κ2) is 5.61. The molecular formula is C10H14N6O4S. The monoisotopic (exact) mass is 314 g/mol. The zero-order chi connectivity index (χ0) is 15.6. The third kappa shape index (κ3) is 3.08. The number of aromatic amines is 1. The molecule has 2 heterocycles. The summed E-state index contributed by atoms with van der Waals surface area (Å²) in [5.74, 6) is -1.00. The van der Waals surface area contributed by atoms with Gasteiger partial charge in [-0.2, -0.15) is 5.21 Å². The number of carbonyl (C=O) groups is 1. The van der Waals surface area contributed by atoms with Crippen LogP contribution in [-0.4, -0.2) is 44.7 Å². The zero-order valence-corrected chi connectivity index (χ0v) is 12.1. The van der Waals surface area contributed by atoms with Crippen molar-refractivity contribution < 1.29 is 18.3 Å². The topological polar surface area (TPSA) is 143 Å². The number of aromatic nitrogens is 5. The molecule has 0 aliphatic rings. The Kier molecular flexibility index (Phi) is 4.04. The van der Waals surface area contributed by atoms with Crippen LogP contribution in [0.1, 0.15) is 36.2 Å². The van der Waals surface area contributed by atoms with Crippen LogP contribution in [0.5, 0.6) is 0 Å². The lowest BCUT2D eigenvalue weighted by Gasteiger charge is -2.09. The Morgan fingerprint density at radius 2 is 2.29 bits per heavy atom. The van der Waals surface area contributed by atoms with Crippen LogP contribution in [0.25, 0.3) is 0 Å². The molecule has 0 aromatic carbocycles. The van der Waals surface area contributed by atoms with E-state index in [4.69, 9.17) is 5.11 Å².